The average molecular weight is 339 g/mol. The first-order valence-corrected chi connectivity index (χ1v) is 9.28. The van der Waals surface area contributed by atoms with Gasteiger partial charge in [0.25, 0.3) is 0 Å². The first kappa shape index (κ1) is 15.6. The highest BCUT2D eigenvalue weighted by Crippen LogP contribution is 2.37. The maximum Gasteiger partial charge on any atom is 0.0992 e. The monoisotopic (exact) mass is 339 g/mol. The van der Waals surface area contributed by atoms with E-state index in [0.29, 0.717) is 11.6 Å². The summed E-state index contributed by atoms with van der Waals surface area (Å²) >= 11 is 1.83. The van der Waals surface area contributed by atoms with Crippen LogP contribution in [0.3, 0.4) is 0 Å². The summed E-state index contributed by atoms with van der Waals surface area (Å²) in [6.07, 6.45) is 2.14. The van der Waals surface area contributed by atoms with Crippen molar-refractivity contribution in [1.29, 1.82) is 5.26 Å². The molecule has 4 nitrogen and oxygen atoms in total. The highest BCUT2D eigenvalue weighted by atomic mass is 32.1. The van der Waals surface area contributed by atoms with Crippen molar-refractivity contribution >= 4 is 17.0 Å². The fraction of sp³-hybridized carbons (Fsp3) is 0.421. The third kappa shape index (κ3) is 3.32. The molecular weight excluding hydrogens is 318 g/mol. The van der Waals surface area contributed by atoms with Crippen LogP contribution in [-0.4, -0.2) is 36.2 Å². The minimum atomic E-state index is 0.00175. The Labute approximate surface area is 146 Å². The summed E-state index contributed by atoms with van der Waals surface area (Å²) in [5.74, 6) is 0. The summed E-state index contributed by atoms with van der Waals surface area (Å²) in [7, 11) is 0. The number of likely N-dealkylation sites (tertiary alicyclic amines) is 1. The zero-order chi connectivity index (χ0) is 16.4. The van der Waals surface area contributed by atoms with E-state index in [2.05, 4.69) is 33.8 Å². The number of nitrogens with one attached hydrogen (secondary N) is 1. The molecule has 0 bridgehead atoms. The normalized spacial score (nSPS) is 26.7. The van der Waals surface area contributed by atoms with Crippen molar-refractivity contribution in [2.24, 2.45) is 0 Å². The van der Waals surface area contributed by atoms with Crippen molar-refractivity contribution in [2.45, 2.75) is 31.0 Å². The van der Waals surface area contributed by atoms with Gasteiger partial charge in [-0.15, -0.1) is 11.3 Å². The van der Waals surface area contributed by atoms with Gasteiger partial charge in [0.05, 0.1) is 29.9 Å². The summed E-state index contributed by atoms with van der Waals surface area (Å²) in [4.78, 5) is 3.93. The number of ether oxygens (including phenoxy) is 1. The molecule has 24 heavy (non-hydrogen) atoms. The van der Waals surface area contributed by atoms with Crippen LogP contribution >= 0.6 is 11.3 Å². The van der Waals surface area contributed by atoms with Gasteiger partial charge < -0.3 is 10.1 Å². The van der Waals surface area contributed by atoms with E-state index < -0.39 is 0 Å². The Kier molecular flexibility index (Phi) is 4.28. The smallest absolute Gasteiger partial charge is 0.0992 e. The number of rotatable bonds is 4. The van der Waals surface area contributed by atoms with Crippen molar-refractivity contribution in [3.05, 3.63) is 52.2 Å². The molecule has 4 rings (SSSR count). The first-order valence-electron chi connectivity index (χ1n) is 8.40. The van der Waals surface area contributed by atoms with Gasteiger partial charge in [-0.2, -0.15) is 5.26 Å². The third-order valence-electron chi connectivity index (χ3n) is 4.93. The Hall–Kier alpha value is -1.87. The predicted octanol–water partition coefficient (Wildman–Crippen LogP) is 3.47. The van der Waals surface area contributed by atoms with Gasteiger partial charge in [-0.05, 0) is 36.1 Å². The second-order valence-corrected chi connectivity index (χ2v) is 7.80. The van der Waals surface area contributed by atoms with Crippen LogP contribution in [0, 0.1) is 11.3 Å². The van der Waals surface area contributed by atoms with E-state index in [-0.39, 0.29) is 5.60 Å². The molecule has 2 aromatic rings. The first-order chi connectivity index (χ1) is 11.7. The maximum absolute atomic E-state index is 9.02. The molecule has 2 saturated heterocycles. The molecule has 5 heteroatoms. The van der Waals surface area contributed by atoms with Crippen molar-refractivity contribution < 1.29 is 4.74 Å². The van der Waals surface area contributed by atoms with E-state index in [0.717, 1.165) is 44.8 Å². The number of thiophene rings is 1. The molecule has 2 aliphatic heterocycles. The highest BCUT2D eigenvalue weighted by Gasteiger charge is 2.45. The van der Waals surface area contributed by atoms with Crippen LogP contribution in [0.4, 0.5) is 5.69 Å². The molecule has 0 aliphatic carbocycles. The molecular formula is C19H21N3OS. The quantitative estimate of drug-likeness (QED) is 0.927. The molecule has 2 aliphatic rings. The zero-order valence-corrected chi connectivity index (χ0v) is 14.4. The Balaban J connectivity index is 1.35. The van der Waals surface area contributed by atoms with Crippen molar-refractivity contribution in [3.8, 4) is 6.07 Å². The maximum atomic E-state index is 9.02. The van der Waals surface area contributed by atoms with Crippen LogP contribution in [0.15, 0.2) is 41.8 Å². The summed E-state index contributed by atoms with van der Waals surface area (Å²) < 4.78 is 6.23. The average Bonchev–Trinajstić information content (AvgIpc) is 3.32. The van der Waals surface area contributed by atoms with Crippen molar-refractivity contribution in [1.82, 2.24) is 4.90 Å². The van der Waals surface area contributed by atoms with Crippen molar-refractivity contribution in [3.63, 3.8) is 0 Å². The molecule has 124 valence electrons. The van der Waals surface area contributed by atoms with E-state index in [1.165, 1.54) is 4.88 Å². The van der Waals surface area contributed by atoms with E-state index in [1.807, 2.05) is 35.6 Å². The Morgan fingerprint density at radius 2 is 2.33 bits per heavy atom. The number of hydrogen-bond donors (Lipinski definition) is 1. The topological polar surface area (TPSA) is 48.3 Å². The number of nitrogens with zero attached hydrogens (tertiary/aromatic N) is 2. The lowest BCUT2D eigenvalue weighted by Crippen LogP contribution is -2.33. The second kappa shape index (κ2) is 6.56. The van der Waals surface area contributed by atoms with E-state index in [9.17, 15) is 0 Å². The highest BCUT2D eigenvalue weighted by molar-refractivity contribution is 7.09. The zero-order valence-electron chi connectivity index (χ0n) is 13.6. The fourth-order valence-corrected chi connectivity index (χ4v) is 4.57. The molecule has 2 atom stereocenters. The molecule has 1 aromatic heterocycles. The minimum Gasteiger partial charge on any atom is -0.380 e. The van der Waals surface area contributed by atoms with Crippen LogP contribution in [0.1, 0.15) is 23.3 Å². The molecule has 0 unspecified atom stereocenters. The van der Waals surface area contributed by atoms with Crippen LogP contribution in [0.25, 0.3) is 0 Å². The molecule has 0 saturated carbocycles. The summed E-state index contributed by atoms with van der Waals surface area (Å²) in [6, 6.07) is 14.5. The lowest BCUT2D eigenvalue weighted by atomic mass is 9.97. The van der Waals surface area contributed by atoms with Gasteiger partial charge in [0.2, 0.25) is 0 Å². The van der Waals surface area contributed by atoms with E-state index in [1.54, 1.807) is 0 Å². The lowest BCUT2D eigenvalue weighted by Gasteiger charge is -2.23. The van der Waals surface area contributed by atoms with Gasteiger partial charge in [-0.25, -0.2) is 0 Å². The molecule has 0 radical (unpaired) electrons. The summed E-state index contributed by atoms with van der Waals surface area (Å²) in [6.45, 7) is 3.89. The van der Waals surface area contributed by atoms with Crippen LogP contribution in [0.2, 0.25) is 0 Å². The third-order valence-corrected chi connectivity index (χ3v) is 5.79. The molecule has 3 heterocycles. The minimum absolute atomic E-state index is 0.00175. The number of nitriles is 1. The van der Waals surface area contributed by atoms with Gasteiger partial charge in [0.15, 0.2) is 0 Å². The van der Waals surface area contributed by atoms with Gasteiger partial charge in [0, 0.05) is 36.6 Å². The number of anilines is 1. The molecule has 2 fully saturated rings. The van der Waals surface area contributed by atoms with Gasteiger partial charge in [-0.3, -0.25) is 4.90 Å². The van der Waals surface area contributed by atoms with Crippen molar-refractivity contribution in [2.75, 3.05) is 25.0 Å². The predicted molar refractivity (Wildman–Crippen MR) is 96.1 cm³/mol. The molecule has 1 aromatic carbocycles. The Bertz CT molecular complexity index is 739. The molecule has 1 spiro atoms. The number of hydrogen-bond acceptors (Lipinski definition) is 5. The Morgan fingerprint density at radius 1 is 1.38 bits per heavy atom. The fourth-order valence-electron chi connectivity index (χ4n) is 3.82. The molecule has 1 N–H and O–H groups in total. The lowest BCUT2D eigenvalue weighted by molar-refractivity contribution is 0.0120. The largest absolute Gasteiger partial charge is 0.380 e. The van der Waals surface area contributed by atoms with Gasteiger partial charge in [0.1, 0.15) is 0 Å². The standard InChI is InChI=1S/C19H21N3OS/c20-11-15-3-1-4-16(9-15)21-17-10-19(23-13-17)6-7-22(14-19)12-18-5-2-8-24-18/h1-5,8-9,17,21H,6-7,10,12-14H2/t17-,19+/m0/s1. The number of benzene rings is 1. The Morgan fingerprint density at radius 3 is 3.17 bits per heavy atom. The van der Waals surface area contributed by atoms with E-state index in [4.69, 9.17) is 10.00 Å². The summed E-state index contributed by atoms with van der Waals surface area (Å²) in [5.41, 5.74) is 1.70. The van der Waals surface area contributed by atoms with Crippen LogP contribution in [0.5, 0.6) is 0 Å². The molecule has 0 amide bonds. The summed E-state index contributed by atoms with van der Waals surface area (Å²) in [5, 5.41) is 14.7. The SMILES string of the molecule is N#Cc1cccc(N[C@@H]2CO[C@]3(CCN(Cc4cccs4)C3)C2)c1. The van der Waals surface area contributed by atoms with Crippen LogP contribution in [-0.2, 0) is 11.3 Å². The van der Waals surface area contributed by atoms with Crippen LogP contribution < -0.4 is 5.32 Å². The van der Waals surface area contributed by atoms with Gasteiger partial charge in [-0.1, -0.05) is 12.1 Å². The van der Waals surface area contributed by atoms with E-state index >= 15 is 0 Å². The van der Waals surface area contributed by atoms with Gasteiger partial charge >= 0.3 is 0 Å². The second-order valence-electron chi connectivity index (χ2n) is 6.77.